The molecule has 1 amide bonds. The van der Waals surface area contributed by atoms with E-state index < -0.39 is 29.7 Å². The predicted octanol–water partition coefficient (Wildman–Crippen LogP) is 2.62. The summed E-state index contributed by atoms with van der Waals surface area (Å²) >= 11 is 0. The largest absolute Gasteiger partial charge is 0.392 e. The van der Waals surface area contributed by atoms with Crippen LogP contribution in [0.2, 0.25) is 0 Å². The standard InChI is InChI=1S/C14H22F3NO3/c1-13(2)20-8-9(21-13)7-18-12(19)10-5-3-4-6-11(10)14(15,16)17/h9-11H,3-8H2,1-2H3,(H,18,19). The van der Waals surface area contributed by atoms with Crippen LogP contribution in [0.3, 0.4) is 0 Å². The van der Waals surface area contributed by atoms with E-state index in [1.54, 1.807) is 13.8 Å². The Bertz CT molecular complexity index is 384. The van der Waals surface area contributed by atoms with Crippen molar-refractivity contribution in [2.75, 3.05) is 13.2 Å². The molecule has 1 aliphatic carbocycles. The molecule has 1 aliphatic heterocycles. The Morgan fingerprint density at radius 1 is 1.29 bits per heavy atom. The molecule has 21 heavy (non-hydrogen) atoms. The molecule has 1 heterocycles. The molecule has 0 radical (unpaired) electrons. The first-order chi connectivity index (χ1) is 9.69. The van der Waals surface area contributed by atoms with Gasteiger partial charge in [0.05, 0.1) is 12.5 Å². The van der Waals surface area contributed by atoms with Crippen molar-refractivity contribution in [3.63, 3.8) is 0 Å². The van der Waals surface area contributed by atoms with Gasteiger partial charge in [-0.1, -0.05) is 12.8 Å². The average molecular weight is 309 g/mol. The second kappa shape index (κ2) is 6.12. The molecule has 2 fully saturated rings. The topological polar surface area (TPSA) is 47.6 Å². The maximum Gasteiger partial charge on any atom is 0.392 e. The van der Waals surface area contributed by atoms with Gasteiger partial charge in [-0.25, -0.2) is 0 Å². The van der Waals surface area contributed by atoms with Gasteiger partial charge in [0.25, 0.3) is 0 Å². The van der Waals surface area contributed by atoms with Gasteiger partial charge in [-0.15, -0.1) is 0 Å². The summed E-state index contributed by atoms with van der Waals surface area (Å²) in [6.07, 6.45) is -3.09. The van der Waals surface area contributed by atoms with Crippen LogP contribution in [0.25, 0.3) is 0 Å². The third-order valence-electron chi connectivity index (χ3n) is 4.09. The Kier molecular flexibility index (Phi) is 4.82. The van der Waals surface area contributed by atoms with Gasteiger partial charge in [0.15, 0.2) is 5.79 Å². The highest BCUT2D eigenvalue weighted by atomic mass is 19.4. The Morgan fingerprint density at radius 2 is 1.95 bits per heavy atom. The van der Waals surface area contributed by atoms with Gasteiger partial charge in [-0.05, 0) is 26.7 Å². The van der Waals surface area contributed by atoms with Gasteiger partial charge in [0.2, 0.25) is 5.91 Å². The number of rotatable bonds is 3. The summed E-state index contributed by atoms with van der Waals surface area (Å²) in [5, 5.41) is 2.59. The lowest BCUT2D eigenvalue weighted by atomic mass is 9.78. The van der Waals surface area contributed by atoms with Crippen molar-refractivity contribution in [2.24, 2.45) is 11.8 Å². The number of nitrogens with one attached hydrogen (secondary N) is 1. The van der Waals surface area contributed by atoms with Crippen LogP contribution < -0.4 is 5.32 Å². The Hall–Kier alpha value is -0.820. The Balaban J connectivity index is 1.87. The predicted molar refractivity (Wildman–Crippen MR) is 69.4 cm³/mol. The van der Waals surface area contributed by atoms with Crippen molar-refractivity contribution >= 4 is 5.91 Å². The zero-order valence-electron chi connectivity index (χ0n) is 12.3. The maximum absolute atomic E-state index is 13.0. The monoisotopic (exact) mass is 309 g/mol. The molecule has 7 heteroatoms. The van der Waals surface area contributed by atoms with Gasteiger partial charge in [0, 0.05) is 12.5 Å². The summed E-state index contributed by atoms with van der Waals surface area (Å²) < 4.78 is 49.8. The molecule has 2 aliphatic rings. The minimum atomic E-state index is -4.31. The average Bonchev–Trinajstić information content (AvgIpc) is 2.74. The van der Waals surface area contributed by atoms with E-state index in [9.17, 15) is 18.0 Å². The van der Waals surface area contributed by atoms with E-state index in [-0.39, 0.29) is 19.1 Å². The first-order valence-electron chi connectivity index (χ1n) is 7.35. The summed E-state index contributed by atoms with van der Waals surface area (Å²) in [5.41, 5.74) is 0. The SMILES string of the molecule is CC1(C)OCC(CNC(=O)C2CCCCC2C(F)(F)F)O1. The van der Waals surface area contributed by atoms with Crippen LogP contribution in [-0.2, 0) is 14.3 Å². The summed E-state index contributed by atoms with van der Waals surface area (Å²) in [4.78, 5) is 12.1. The van der Waals surface area contributed by atoms with E-state index in [1.165, 1.54) is 0 Å². The molecular formula is C14H22F3NO3. The van der Waals surface area contributed by atoms with E-state index in [0.29, 0.717) is 25.9 Å². The maximum atomic E-state index is 13.0. The van der Waals surface area contributed by atoms with Gasteiger partial charge in [-0.3, -0.25) is 4.79 Å². The molecule has 3 unspecified atom stereocenters. The van der Waals surface area contributed by atoms with Crippen LogP contribution in [0.15, 0.2) is 0 Å². The Morgan fingerprint density at radius 3 is 2.52 bits per heavy atom. The highest BCUT2D eigenvalue weighted by Gasteiger charge is 2.48. The number of carbonyl (C=O) groups is 1. The third-order valence-corrected chi connectivity index (χ3v) is 4.09. The second-order valence-electron chi connectivity index (χ2n) is 6.23. The first kappa shape index (κ1) is 16.5. The van der Waals surface area contributed by atoms with Crippen molar-refractivity contribution < 1.29 is 27.4 Å². The van der Waals surface area contributed by atoms with Gasteiger partial charge in [-0.2, -0.15) is 13.2 Å². The molecule has 0 aromatic carbocycles. The van der Waals surface area contributed by atoms with Crippen LogP contribution in [-0.4, -0.2) is 37.1 Å². The fraction of sp³-hybridized carbons (Fsp3) is 0.929. The fourth-order valence-corrected chi connectivity index (χ4v) is 3.05. The molecule has 0 aromatic rings. The van der Waals surface area contributed by atoms with Crippen LogP contribution >= 0.6 is 0 Å². The number of hydrogen-bond donors (Lipinski definition) is 1. The molecule has 3 atom stereocenters. The normalized spacial score (nSPS) is 32.9. The van der Waals surface area contributed by atoms with E-state index >= 15 is 0 Å². The van der Waals surface area contributed by atoms with E-state index in [2.05, 4.69) is 5.32 Å². The second-order valence-corrected chi connectivity index (χ2v) is 6.23. The smallest absolute Gasteiger partial charge is 0.353 e. The van der Waals surface area contributed by atoms with E-state index in [0.717, 1.165) is 0 Å². The number of ether oxygens (including phenoxy) is 2. The molecule has 0 aromatic heterocycles. The summed E-state index contributed by atoms with van der Waals surface area (Å²) in [5.74, 6) is -3.72. The van der Waals surface area contributed by atoms with Crippen molar-refractivity contribution in [1.29, 1.82) is 0 Å². The third kappa shape index (κ3) is 4.32. The lowest BCUT2D eigenvalue weighted by molar-refractivity contribution is -0.198. The highest BCUT2D eigenvalue weighted by molar-refractivity contribution is 5.79. The molecule has 1 saturated heterocycles. The quantitative estimate of drug-likeness (QED) is 0.872. The molecule has 1 saturated carbocycles. The molecule has 0 spiro atoms. The van der Waals surface area contributed by atoms with E-state index in [1.807, 2.05) is 0 Å². The number of carbonyl (C=O) groups excluding carboxylic acids is 1. The van der Waals surface area contributed by atoms with Gasteiger partial charge < -0.3 is 14.8 Å². The van der Waals surface area contributed by atoms with Gasteiger partial charge in [0.1, 0.15) is 6.10 Å². The molecule has 1 N–H and O–H groups in total. The van der Waals surface area contributed by atoms with Crippen LogP contribution in [0.1, 0.15) is 39.5 Å². The zero-order valence-corrected chi connectivity index (χ0v) is 12.3. The summed E-state index contributed by atoms with van der Waals surface area (Å²) in [6.45, 7) is 4.04. The van der Waals surface area contributed by atoms with Crippen LogP contribution in [0, 0.1) is 11.8 Å². The van der Waals surface area contributed by atoms with Gasteiger partial charge >= 0.3 is 6.18 Å². The lowest BCUT2D eigenvalue weighted by Gasteiger charge is -2.32. The minimum Gasteiger partial charge on any atom is -0.353 e. The lowest BCUT2D eigenvalue weighted by Crippen LogP contribution is -2.44. The zero-order chi connectivity index (χ0) is 15.7. The molecular weight excluding hydrogens is 287 g/mol. The molecule has 122 valence electrons. The van der Waals surface area contributed by atoms with Crippen molar-refractivity contribution in [3.8, 4) is 0 Å². The van der Waals surface area contributed by atoms with Crippen LogP contribution in [0.4, 0.5) is 13.2 Å². The van der Waals surface area contributed by atoms with Crippen LogP contribution in [0.5, 0.6) is 0 Å². The number of hydrogen-bond acceptors (Lipinski definition) is 3. The molecule has 0 bridgehead atoms. The Labute approximate surface area is 122 Å². The summed E-state index contributed by atoms with van der Waals surface area (Å²) in [6, 6.07) is 0. The molecule has 2 rings (SSSR count). The van der Waals surface area contributed by atoms with Crippen molar-refractivity contribution in [2.45, 2.75) is 57.6 Å². The van der Waals surface area contributed by atoms with Crippen molar-refractivity contribution in [3.05, 3.63) is 0 Å². The number of halogens is 3. The minimum absolute atomic E-state index is 0.0393. The fourth-order valence-electron chi connectivity index (χ4n) is 3.05. The van der Waals surface area contributed by atoms with Crippen molar-refractivity contribution in [1.82, 2.24) is 5.32 Å². The summed E-state index contributed by atoms with van der Waals surface area (Å²) in [7, 11) is 0. The number of alkyl halides is 3. The highest BCUT2D eigenvalue weighted by Crippen LogP contribution is 2.41. The first-order valence-corrected chi connectivity index (χ1v) is 7.35. The molecule has 4 nitrogen and oxygen atoms in total. The van der Waals surface area contributed by atoms with E-state index in [4.69, 9.17) is 9.47 Å². The number of amides is 1.